The first-order valence-corrected chi connectivity index (χ1v) is 5.61. The number of rotatable bonds is 3. The van der Waals surface area contributed by atoms with Gasteiger partial charge in [-0.05, 0) is 24.7 Å². The Kier molecular flexibility index (Phi) is 2.64. The van der Waals surface area contributed by atoms with E-state index < -0.39 is 17.6 Å². The third-order valence-corrected chi connectivity index (χ3v) is 4.18. The Labute approximate surface area is 102 Å². The van der Waals surface area contributed by atoms with E-state index in [0.29, 0.717) is 19.3 Å². The van der Waals surface area contributed by atoms with Crippen molar-refractivity contribution < 1.29 is 27.5 Å². The maximum absolute atomic E-state index is 12.1. The standard InChI is InChI=1S/C11H14F3NO3/c1-6(7(16)18-2)9-3-10(4-9,5-9)15-8(17)11(12,13)14/h6H,3-5H2,1-2H3,(H,15,17). The molecule has 0 spiro atoms. The number of esters is 1. The molecular weight excluding hydrogens is 251 g/mol. The maximum atomic E-state index is 12.1. The van der Waals surface area contributed by atoms with E-state index in [1.165, 1.54) is 7.11 Å². The molecule has 0 aromatic carbocycles. The van der Waals surface area contributed by atoms with E-state index >= 15 is 0 Å². The zero-order chi connectivity index (χ0) is 13.8. The highest BCUT2D eigenvalue weighted by atomic mass is 19.4. The van der Waals surface area contributed by atoms with Crippen LogP contribution in [0.1, 0.15) is 26.2 Å². The Balaban J connectivity index is 1.91. The number of carbonyl (C=O) groups is 2. The zero-order valence-electron chi connectivity index (χ0n) is 10.1. The van der Waals surface area contributed by atoms with Crippen molar-refractivity contribution in [3.8, 4) is 0 Å². The van der Waals surface area contributed by atoms with Crippen LogP contribution in [0.4, 0.5) is 13.2 Å². The van der Waals surface area contributed by atoms with Crippen molar-refractivity contribution in [1.29, 1.82) is 0 Å². The second-order valence-electron chi connectivity index (χ2n) is 5.37. The highest BCUT2D eigenvalue weighted by Gasteiger charge is 2.72. The zero-order valence-corrected chi connectivity index (χ0v) is 10.1. The number of amides is 1. The lowest BCUT2D eigenvalue weighted by Gasteiger charge is -2.72. The van der Waals surface area contributed by atoms with Gasteiger partial charge in [-0.25, -0.2) is 0 Å². The minimum Gasteiger partial charge on any atom is -0.469 e. The lowest BCUT2D eigenvalue weighted by atomic mass is 9.36. The fraction of sp³-hybridized carbons (Fsp3) is 0.818. The van der Waals surface area contributed by atoms with Crippen molar-refractivity contribution in [3.05, 3.63) is 0 Å². The smallest absolute Gasteiger partial charge is 0.469 e. The van der Waals surface area contributed by atoms with E-state index in [1.807, 2.05) is 5.32 Å². The average molecular weight is 265 g/mol. The minimum absolute atomic E-state index is 0.286. The summed E-state index contributed by atoms with van der Waals surface area (Å²) in [5, 5.41) is 2.02. The number of alkyl halides is 3. The molecule has 0 heterocycles. The van der Waals surface area contributed by atoms with Gasteiger partial charge in [0.25, 0.3) is 0 Å². The molecule has 1 N–H and O–H groups in total. The van der Waals surface area contributed by atoms with Gasteiger partial charge in [-0.3, -0.25) is 9.59 Å². The predicted molar refractivity (Wildman–Crippen MR) is 54.4 cm³/mol. The third-order valence-electron chi connectivity index (χ3n) is 4.18. The summed E-state index contributed by atoms with van der Waals surface area (Å²) in [6, 6.07) is 0. The molecule has 3 aliphatic carbocycles. The molecule has 1 unspecified atom stereocenters. The summed E-state index contributed by atoms with van der Waals surface area (Å²) in [4.78, 5) is 22.2. The van der Waals surface area contributed by atoms with E-state index in [0.717, 1.165) is 0 Å². The molecule has 0 aromatic rings. The molecule has 3 fully saturated rings. The molecule has 1 atom stereocenters. The second-order valence-corrected chi connectivity index (χ2v) is 5.37. The van der Waals surface area contributed by atoms with E-state index in [4.69, 9.17) is 0 Å². The van der Waals surface area contributed by atoms with Gasteiger partial charge in [-0.2, -0.15) is 13.2 Å². The third kappa shape index (κ3) is 1.76. The molecule has 0 aromatic heterocycles. The van der Waals surface area contributed by atoms with Crippen LogP contribution in [-0.2, 0) is 14.3 Å². The summed E-state index contributed by atoms with van der Waals surface area (Å²) in [6.45, 7) is 1.71. The van der Waals surface area contributed by atoms with E-state index in [9.17, 15) is 22.8 Å². The van der Waals surface area contributed by atoms with Gasteiger partial charge in [-0.15, -0.1) is 0 Å². The normalized spacial score (nSPS) is 34.9. The number of ether oxygens (including phenoxy) is 1. The highest BCUT2D eigenvalue weighted by molar-refractivity contribution is 5.83. The molecule has 1 amide bonds. The lowest BCUT2D eigenvalue weighted by molar-refractivity contribution is -0.214. The first-order chi connectivity index (χ1) is 8.14. The number of hydrogen-bond acceptors (Lipinski definition) is 3. The molecule has 4 nitrogen and oxygen atoms in total. The summed E-state index contributed by atoms with van der Waals surface area (Å²) in [5.74, 6) is -2.60. The van der Waals surface area contributed by atoms with Crippen molar-refractivity contribution in [1.82, 2.24) is 5.32 Å². The van der Waals surface area contributed by atoms with Gasteiger partial charge < -0.3 is 10.1 Å². The largest absolute Gasteiger partial charge is 0.471 e. The molecule has 7 heteroatoms. The number of methoxy groups -OCH3 is 1. The molecule has 3 rings (SSSR count). The van der Waals surface area contributed by atoms with Crippen LogP contribution in [0.3, 0.4) is 0 Å². The molecule has 3 saturated carbocycles. The van der Waals surface area contributed by atoms with Gasteiger partial charge in [0.1, 0.15) is 0 Å². The minimum atomic E-state index is -4.85. The number of hydrogen-bond donors (Lipinski definition) is 1. The Morgan fingerprint density at radius 1 is 1.28 bits per heavy atom. The van der Waals surface area contributed by atoms with Crippen molar-refractivity contribution in [2.75, 3.05) is 7.11 Å². The quantitative estimate of drug-likeness (QED) is 0.785. The molecule has 18 heavy (non-hydrogen) atoms. The summed E-state index contributed by atoms with van der Waals surface area (Å²) in [7, 11) is 1.28. The van der Waals surface area contributed by atoms with Crippen molar-refractivity contribution >= 4 is 11.9 Å². The summed E-state index contributed by atoms with van der Waals surface area (Å²) in [6.07, 6.45) is -3.61. The highest BCUT2D eigenvalue weighted by Crippen LogP contribution is 2.70. The molecule has 102 valence electrons. The van der Waals surface area contributed by atoms with Crippen LogP contribution >= 0.6 is 0 Å². The SMILES string of the molecule is COC(=O)C(C)C12CC(NC(=O)C(F)(F)F)(C1)C2. The average Bonchev–Trinajstić information content (AvgIpc) is 2.17. The molecule has 0 saturated heterocycles. The molecule has 2 bridgehead atoms. The van der Waals surface area contributed by atoms with Gasteiger partial charge in [0.2, 0.25) is 0 Å². The summed E-state index contributed by atoms with van der Waals surface area (Å²) in [5.41, 5.74) is -1.04. The van der Waals surface area contributed by atoms with Crippen LogP contribution in [0.25, 0.3) is 0 Å². The number of carbonyl (C=O) groups excluding carboxylic acids is 2. The van der Waals surface area contributed by atoms with Crippen LogP contribution in [0.15, 0.2) is 0 Å². The molecule has 0 radical (unpaired) electrons. The van der Waals surface area contributed by atoms with E-state index in [-0.39, 0.29) is 17.3 Å². The summed E-state index contributed by atoms with van der Waals surface area (Å²) < 4.78 is 40.9. The Morgan fingerprint density at radius 3 is 2.17 bits per heavy atom. The van der Waals surface area contributed by atoms with Crippen LogP contribution < -0.4 is 5.32 Å². The van der Waals surface area contributed by atoms with E-state index in [2.05, 4.69) is 4.74 Å². The van der Waals surface area contributed by atoms with Crippen LogP contribution in [-0.4, -0.2) is 30.7 Å². The van der Waals surface area contributed by atoms with Crippen molar-refractivity contribution in [3.63, 3.8) is 0 Å². The van der Waals surface area contributed by atoms with Crippen LogP contribution in [0, 0.1) is 11.3 Å². The maximum Gasteiger partial charge on any atom is 0.471 e. The van der Waals surface area contributed by atoms with Gasteiger partial charge in [0.15, 0.2) is 0 Å². The van der Waals surface area contributed by atoms with Gasteiger partial charge in [0, 0.05) is 5.54 Å². The van der Waals surface area contributed by atoms with Crippen LogP contribution in [0.5, 0.6) is 0 Å². The molecular formula is C11H14F3NO3. The monoisotopic (exact) mass is 265 g/mol. The number of nitrogens with one attached hydrogen (secondary N) is 1. The molecule has 0 aliphatic heterocycles. The predicted octanol–water partition coefficient (Wildman–Crippen LogP) is 1.40. The first kappa shape index (κ1) is 13.2. The Morgan fingerprint density at radius 2 is 1.78 bits per heavy atom. The fourth-order valence-corrected chi connectivity index (χ4v) is 3.20. The van der Waals surface area contributed by atoms with Gasteiger partial charge in [-0.1, -0.05) is 6.92 Å². The molecule has 3 aliphatic rings. The first-order valence-electron chi connectivity index (χ1n) is 5.61. The summed E-state index contributed by atoms with van der Waals surface area (Å²) >= 11 is 0. The van der Waals surface area contributed by atoms with Gasteiger partial charge >= 0.3 is 18.1 Å². The Bertz CT molecular complexity index is 385. The van der Waals surface area contributed by atoms with Crippen LogP contribution in [0.2, 0.25) is 0 Å². The Hall–Kier alpha value is -1.27. The number of halogens is 3. The second kappa shape index (κ2) is 3.61. The topological polar surface area (TPSA) is 55.4 Å². The van der Waals surface area contributed by atoms with Crippen molar-refractivity contribution in [2.45, 2.75) is 37.9 Å². The van der Waals surface area contributed by atoms with Gasteiger partial charge in [0.05, 0.1) is 13.0 Å². The van der Waals surface area contributed by atoms with E-state index in [1.54, 1.807) is 6.92 Å². The fourth-order valence-electron chi connectivity index (χ4n) is 3.20. The lowest BCUT2D eigenvalue weighted by Crippen LogP contribution is -2.77. The van der Waals surface area contributed by atoms with Crippen molar-refractivity contribution in [2.24, 2.45) is 11.3 Å².